The van der Waals surface area contributed by atoms with E-state index in [0.717, 1.165) is 17.9 Å². The summed E-state index contributed by atoms with van der Waals surface area (Å²) in [6.45, 7) is 13.6. The largest absolute Gasteiger partial charge is 0.466 e. The van der Waals surface area contributed by atoms with Crippen LogP contribution >= 0.6 is 0 Å². The molecule has 2 aromatic rings. The lowest BCUT2D eigenvalue weighted by atomic mass is 9.64. The van der Waals surface area contributed by atoms with Gasteiger partial charge >= 0.3 is 0 Å². The molecule has 0 bridgehead atoms. The van der Waals surface area contributed by atoms with Crippen LogP contribution in [0.4, 0.5) is 0 Å². The fraction of sp³-hybridized carbons (Fsp3) is 0.500. The van der Waals surface area contributed by atoms with Crippen LogP contribution < -0.4 is 0 Å². The Morgan fingerprint density at radius 2 is 1.81 bits per heavy atom. The summed E-state index contributed by atoms with van der Waals surface area (Å²) >= 11 is 0. The lowest BCUT2D eigenvalue weighted by Gasteiger charge is -2.39. The number of hydrogen-bond donors (Lipinski definition) is 0. The second-order valence-corrected chi connectivity index (χ2v) is 8.01. The fourth-order valence-corrected chi connectivity index (χ4v) is 4.38. The van der Waals surface area contributed by atoms with Crippen molar-refractivity contribution in [3.63, 3.8) is 0 Å². The van der Waals surface area contributed by atoms with Crippen molar-refractivity contribution in [2.45, 2.75) is 59.3 Å². The Hall–Kier alpha value is -1.50. The van der Waals surface area contributed by atoms with Gasteiger partial charge in [0.05, 0.1) is 0 Å². The molecule has 1 heterocycles. The van der Waals surface area contributed by atoms with Crippen LogP contribution in [0.1, 0.15) is 61.8 Å². The number of hydrogen-bond acceptors (Lipinski definition) is 1. The zero-order valence-corrected chi connectivity index (χ0v) is 14.1. The van der Waals surface area contributed by atoms with E-state index in [9.17, 15) is 0 Å². The highest BCUT2D eigenvalue weighted by molar-refractivity contribution is 5.46. The van der Waals surface area contributed by atoms with Crippen LogP contribution in [-0.2, 0) is 11.8 Å². The van der Waals surface area contributed by atoms with Gasteiger partial charge in [-0.25, -0.2) is 0 Å². The first-order valence-electron chi connectivity index (χ1n) is 7.88. The lowest BCUT2D eigenvalue weighted by Crippen LogP contribution is -2.35. The predicted molar refractivity (Wildman–Crippen MR) is 87.9 cm³/mol. The molecule has 1 nitrogen and oxygen atoms in total. The Bertz CT molecular complexity index is 671. The van der Waals surface area contributed by atoms with Gasteiger partial charge in [-0.2, -0.15) is 0 Å². The van der Waals surface area contributed by atoms with Crippen molar-refractivity contribution in [3.05, 3.63) is 58.5 Å². The minimum Gasteiger partial charge on any atom is -0.466 e. The lowest BCUT2D eigenvalue weighted by molar-refractivity contribution is 0.200. The number of aryl methyl sites for hydroxylation is 2. The Kier molecular flexibility index (Phi) is 3.09. The van der Waals surface area contributed by atoms with Gasteiger partial charge in [-0.15, -0.1) is 0 Å². The van der Waals surface area contributed by atoms with E-state index in [1.807, 2.05) is 6.92 Å². The third-order valence-corrected chi connectivity index (χ3v) is 4.98. The summed E-state index contributed by atoms with van der Waals surface area (Å²) < 4.78 is 6.06. The van der Waals surface area contributed by atoms with Crippen LogP contribution in [0.3, 0.4) is 0 Å². The Morgan fingerprint density at radius 3 is 2.38 bits per heavy atom. The average Bonchev–Trinajstić information content (AvgIpc) is 2.89. The van der Waals surface area contributed by atoms with E-state index in [-0.39, 0.29) is 10.8 Å². The van der Waals surface area contributed by atoms with Gasteiger partial charge in [0.1, 0.15) is 11.5 Å². The summed E-state index contributed by atoms with van der Waals surface area (Å²) in [5.41, 5.74) is 4.59. The van der Waals surface area contributed by atoms with E-state index in [4.69, 9.17) is 4.42 Å². The fourth-order valence-electron chi connectivity index (χ4n) is 4.38. The Balaban J connectivity index is 2.19. The van der Waals surface area contributed by atoms with E-state index < -0.39 is 0 Å². The highest BCUT2D eigenvalue weighted by Gasteiger charge is 2.50. The molecule has 1 aromatic carbocycles. The van der Waals surface area contributed by atoms with Gasteiger partial charge in [-0.3, -0.25) is 0 Å². The molecule has 0 saturated heterocycles. The van der Waals surface area contributed by atoms with E-state index in [0.29, 0.717) is 5.92 Å². The van der Waals surface area contributed by atoms with Crippen molar-refractivity contribution in [2.24, 2.45) is 5.41 Å². The summed E-state index contributed by atoms with van der Waals surface area (Å²) in [7, 11) is 0. The third-order valence-electron chi connectivity index (χ3n) is 4.98. The quantitative estimate of drug-likeness (QED) is 0.669. The normalized spacial score (nSPS) is 25.1. The maximum atomic E-state index is 6.06. The van der Waals surface area contributed by atoms with Crippen LogP contribution in [0.5, 0.6) is 0 Å². The first kappa shape index (κ1) is 14.4. The van der Waals surface area contributed by atoms with Crippen molar-refractivity contribution in [2.75, 3.05) is 0 Å². The molecule has 0 fully saturated rings. The Labute approximate surface area is 128 Å². The smallest absolute Gasteiger partial charge is 0.111 e. The molecular weight excluding hydrogens is 256 g/mol. The number of furan rings is 1. The van der Waals surface area contributed by atoms with Crippen LogP contribution in [0.25, 0.3) is 0 Å². The van der Waals surface area contributed by atoms with Gasteiger partial charge in [-0.05, 0) is 48.9 Å². The van der Waals surface area contributed by atoms with Gasteiger partial charge in [0.2, 0.25) is 0 Å². The molecule has 0 N–H and O–H groups in total. The van der Waals surface area contributed by atoms with Gasteiger partial charge in [0, 0.05) is 11.3 Å². The molecule has 2 atom stereocenters. The molecule has 21 heavy (non-hydrogen) atoms. The second-order valence-electron chi connectivity index (χ2n) is 8.01. The van der Waals surface area contributed by atoms with Crippen molar-refractivity contribution in [1.29, 1.82) is 0 Å². The molecular formula is C20H26O. The zero-order valence-electron chi connectivity index (χ0n) is 14.1. The summed E-state index contributed by atoms with van der Waals surface area (Å²) in [4.78, 5) is 0. The van der Waals surface area contributed by atoms with Gasteiger partial charge in [0.25, 0.3) is 0 Å². The number of benzene rings is 1. The topological polar surface area (TPSA) is 13.1 Å². The van der Waals surface area contributed by atoms with E-state index in [2.05, 4.69) is 65.0 Å². The first-order chi connectivity index (χ1) is 9.72. The summed E-state index contributed by atoms with van der Waals surface area (Å²) in [6, 6.07) is 11.2. The maximum absolute atomic E-state index is 6.06. The summed E-state index contributed by atoms with van der Waals surface area (Å²) in [5, 5.41) is 0. The molecule has 2 unspecified atom stereocenters. The number of rotatable bonds is 1. The molecule has 0 radical (unpaired) electrons. The van der Waals surface area contributed by atoms with E-state index in [1.165, 1.54) is 16.7 Å². The predicted octanol–water partition coefficient (Wildman–Crippen LogP) is 5.54. The molecule has 0 saturated carbocycles. The SMILES string of the molecule is Cc1ccc2c(c1)C(C(C)(C)C)C(C)(c1ccc(C)o1)C2. The summed E-state index contributed by atoms with van der Waals surface area (Å²) in [6.07, 6.45) is 1.07. The molecule has 0 aliphatic heterocycles. The minimum atomic E-state index is 0.0443. The van der Waals surface area contributed by atoms with E-state index in [1.54, 1.807) is 0 Å². The summed E-state index contributed by atoms with van der Waals surface area (Å²) in [5.74, 6) is 2.62. The highest BCUT2D eigenvalue weighted by atomic mass is 16.3. The van der Waals surface area contributed by atoms with E-state index >= 15 is 0 Å². The van der Waals surface area contributed by atoms with Gasteiger partial charge < -0.3 is 4.42 Å². The average molecular weight is 282 g/mol. The molecule has 1 aromatic heterocycles. The van der Waals surface area contributed by atoms with Crippen LogP contribution in [0.15, 0.2) is 34.7 Å². The van der Waals surface area contributed by atoms with Crippen LogP contribution in [-0.4, -0.2) is 0 Å². The highest BCUT2D eigenvalue weighted by Crippen LogP contribution is 2.56. The van der Waals surface area contributed by atoms with Crippen molar-refractivity contribution < 1.29 is 4.42 Å². The Morgan fingerprint density at radius 1 is 1.10 bits per heavy atom. The molecule has 3 rings (SSSR count). The second kappa shape index (κ2) is 4.50. The standard InChI is InChI=1S/C20H26O/c1-13-7-9-15-12-20(6,17-10-8-14(2)21-17)18(16(15)11-13)19(3,4)5/h7-11,18H,12H2,1-6H3. The molecule has 0 spiro atoms. The molecule has 1 aliphatic rings. The first-order valence-corrected chi connectivity index (χ1v) is 7.88. The molecule has 112 valence electrons. The van der Waals surface area contributed by atoms with Gasteiger partial charge in [-0.1, -0.05) is 51.5 Å². The van der Waals surface area contributed by atoms with Crippen LogP contribution in [0, 0.1) is 19.3 Å². The maximum Gasteiger partial charge on any atom is 0.111 e. The molecule has 0 amide bonds. The molecule has 1 aliphatic carbocycles. The number of fused-ring (bicyclic) bond motifs is 1. The van der Waals surface area contributed by atoms with Crippen LogP contribution in [0.2, 0.25) is 0 Å². The molecule has 1 heteroatoms. The minimum absolute atomic E-state index is 0.0443. The van der Waals surface area contributed by atoms with Crippen molar-refractivity contribution in [1.82, 2.24) is 0 Å². The van der Waals surface area contributed by atoms with Gasteiger partial charge in [0.15, 0.2) is 0 Å². The monoisotopic (exact) mass is 282 g/mol. The van der Waals surface area contributed by atoms with Crippen molar-refractivity contribution >= 4 is 0 Å². The third kappa shape index (κ3) is 2.23. The zero-order chi connectivity index (χ0) is 15.4. The van der Waals surface area contributed by atoms with Crippen molar-refractivity contribution in [3.8, 4) is 0 Å².